The largest absolute Gasteiger partial charge is 0.416 e. The number of H-pyrrole nitrogens is 1. The molecule has 176 valence electrons. The Kier molecular flexibility index (Phi) is 5.56. The van der Waals surface area contributed by atoms with E-state index in [2.05, 4.69) is 9.97 Å². The average Bonchev–Trinajstić information content (AvgIpc) is 3.22. The number of thioether (sulfide) groups is 1. The zero-order chi connectivity index (χ0) is 24.7. The number of aromatic nitrogens is 3. The highest BCUT2D eigenvalue weighted by atomic mass is 32.2. The van der Waals surface area contributed by atoms with E-state index in [4.69, 9.17) is 0 Å². The van der Waals surface area contributed by atoms with Crippen molar-refractivity contribution in [3.63, 3.8) is 0 Å². The van der Waals surface area contributed by atoms with Crippen LogP contribution in [0.15, 0.2) is 82.7 Å². The number of alkyl halides is 3. The van der Waals surface area contributed by atoms with Crippen molar-refractivity contribution in [1.82, 2.24) is 14.5 Å². The van der Waals surface area contributed by atoms with Crippen LogP contribution in [-0.4, -0.2) is 19.5 Å². The van der Waals surface area contributed by atoms with Gasteiger partial charge in [0.2, 0.25) is 0 Å². The number of rotatable bonds is 5. The minimum absolute atomic E-state index is 0.0316. The molecule has 35 heavy (non-hydrogen) atoms. The van der Waals surface area contributed by atoms with Gasteiger partial charge in [-0.1, -0.05) is 48.2 Å². The lowest BCUT2D eigenvalue weighted by molar-refractivity contribution is -0.384. The van der Waals surface area contributed by atoms with Crippen molar-refractivity contribution < 1.29 is 18.1 Å². The third-order valence-electron chi connectivity index (χ3n) is 5.44. The van der Waals surface area contributed by atoms with Crippen molar-refractivity contribution in [3.05, 3.63) is 104 Å². The molecule has 2 aromatic heterocycles. The van der Waals surface area contributed by atoms with Gasteiger partial charge in [-0.25, -0.2) is 4.98 Å². The van der Waals surface area contributed by atoms with E-state index in [1.54, 1.807) is 36.4 Å². The van der Waals surface area contributed by atoms with E-state index in [1.807, 2.05) is 0 Å². The quantitative estimate of drug-likeness (QED) is 0.138. The van der Waals surface area contributed by atoms with Crippen LogP contribution < -0.4 is 5.56 Å². The zero-order valence-corrected chi connectivity index (χ0v) is 18.6. The molecule has 11 heteroatoms. The van der Waals surface area contributed by atoms with Crippen molar-refractivity contribution >= 4 is 39.4 Å². The lowest BCUT2D eigenvalue weighted by Crippen LogP contribution is -2.22. The van der Waals surface area contributed by atoms with E-state index in [0.717, 1.165) is 34.0 Å². The van der Waals surface area contributed by atoms with Crippen molar-refractivity contribution in [3.8, 4) is 5.69 Å². The molecule has 1 N–H and O–H groups in total. The fraction of sp³-hybridized carbons (Fsp3) is 0.0833. The number of halogens is 3. The molecule has 0 aliphatic carbocycles. The third kappa shape index (κ3) is 4.26. The molecule has 3 aromatic carbocycles. The van der Waals surface area contributed by atoms with Crippen LogP contribution in [0.1, 0.15) is 11.1 Å². The van der Waals surface area contributed by atoms with Crippen LogP contribution in [0.4, 0.5) is 18.9 Å². The summed E-state index contributed by atoms with van der Waals surface area (Å²) in [6.45, 7) is 0. The van der Waals surface area contributed by atoms with E-state index in [9.17, 15) is 28.1 Å². The van der Waals surface area contributed by atoms with Crippen molar-refractivity contribution in [2.75, 3.05) is 0 Å². The van der Waals surface area contributed by atoms with Crippen LogP contribution in [-0.2, 0) is 11.9 Å². The van der Waals surface area contributed by atoms with E-state index in [0.29, 0.717) is 16.4 Å². The molecule has 0 aliphatic rings. The number of para-hydroxylation sites is 1. The summed E-state index contributed by atoms with van der Waals surface area (Å²) in [5.41, 5.74) is 0.566. The number of nitro benzene ring substituents is 1. The van der Waals surface area contributed by atoms with Gasteiger partial charge < -0.3 is 4.98 Å². The fourth-order valence-corrected chi connectivity index (χ4v) is 4.71. The topological polar surface area (TPSA) is 93.8 Å². The second kappa shape index (κ2) is 8.58. The third-order valence-corrected chi connectivity index (χ3v) is 6.45. The Balaban J connectivity index is 1.66. The summed E-state index contributed by atoms with van der Waals surface area (Å²) in [5, 5.41) is 11.8. The van der Waals surface area contributed by atoms with E-state index >= 15 is 0 Å². The SMILES string of the molecule is O=c1c2[nH]c3ccccc3c2nc(SCc2ccc([N+](=O)[O-])cc2)n1-c1cccc(C(F)(F)F)c1. The van der Waals surface area contributed by atoms with Gasteiger partial charge >= 0.3 is 6.18 Å². The van der Waals surface area contributed by atoms with Crippen molar-refractivity contribution in [2.24, 2.45) is 0 Å². The first-order valence-electron chi connectivity index (χ1n) is 10.3. The normalized spacial score (nSPS) is 11.9. The van der Waals surface area contributed by atoms with Gasteiger partial charge in [-0.2, -0.15) is 13.2 Å². The lowest BCUT2D eigenvalue weighted by Gasteiger charge is -2.14. The van der Waals surface area contributed by atoms with Crippen LogP contribution in [0.2, 0.25) is 0 Å². The highest BCUT2D eigenvalue weighted by molar-refractivity contribution is 7.98. The molecular weight excluding hydrogens is 481 g/mol. The van der Waals surface area contributed by atoms with Crippen LogP contribution in [0, 0.1) is 10.1 Å². The maximum Gasteiger partial charge on any atom is 0.416 e. The molecule has 0 radical (unpaired) electrons. The van der Waals surface area contributed by atoms with E-state index < -0.39 is 22.2 Å². The number of nitrogens with one attached hydrogen (secondary N) is 1. The Bertz CT molecular complexity index is 1640. The first kappa shape index (κ1) is 22.7. The molecule has 0 aliphatic heterocycles. The monoisotopic (exact) mass is 496 g/mol. The fourth-order valence-electron chi connectivity index (χ4n) is 3.75. The number of nitrogens with zero attached hydrogens (tertiary/aromatic N) is 3. The standard InChI is InChI=1S/C24H15F3N4O3S/c25-24(26,27)15-4-3-5-17(12-15)30-22(32)21-20(18-6-1-2-7-19(18)28-21)29-23(30)35-13-14-8-10-16(11-9-14)31(33)34/h1-12,28H,13H2. The number of aromatic amines is 1. The van der Waals surface area contributed by atoms with Crippen molar-refractivity contribution in [2.45, 2.75) is 17.1 Å². The first-order valence-corrected chi connectivity index (χ1v) is 11.3. The second-order valence-corrected chi connectivity index (χ2v) is 8.63. The second-order valence-electron chi connectivity index (χ2n) is 7.69. The Morgan fingerprint density at radius 3 is 2.49 bits per heavy atom. The molecule has 0 saturated carbocycles. The zero-order valence-electron chi connectivity index (χ0n) is 17.7. The average molecular weight is 496 g/mol. The van der Waals surface area contributed by atoms with Gasteiger partial charge in [-0.05, 0) is 29.8 Å². The maximum absolute atomic E-state index is 13.5. The summed E-state index contributed by atoms with van der Waals surface area (Å²) in [4.78, 5) is 31.6. The molecule has 5 aromatic rings. The van der Waals surface area contributed by atoms with Gasteiger partial charge in [0.1, 0.15) is 11.0 Å². The highest BCUT2D eigenvalue weighted by Gasteiger charge is 2.31. The first-order chi connectivity index (χ1) is 16.7. The molecule has 0 saturated heterocycles. The highest BCUT2D eigenvalue weighted by Crippen LogP contribution is 2.32. The molecule has 0 amide bonds. The van der Waals surface area contributed by atoms with Crippen LogP contribution >= 0.6 is 11.8 Å². The molecule has 0 spiro atoms. The van der Waals surface area contributed by atoms with Gasteiger partial charge in [0.15, 0.2) is 5.16 Å². The Morgan fingerprint density at radius 1 is 1.03 bits per heavy atom. The predicted molar refractivity (Wildman–Crippen MR) is 127 cm³/mol. The number of benzene rings is 3. The summed E-state index contributed by atoms with van der Waals surface area (Å²) in [5.74, 6) is 0.289. The van der Waals surface area contributed by atoms with Crippen LogP contribution in [0.3, 0.4) is 0 Å². The summed E-state index contributed by atoms with van der Waals surface area (Å²) < 4.78 is 41.3. The minimum atomic E-state index is -4.58. The molecule has 0 atom stereocenters. The summed E-state index contributed by atoms with van der Waals surface area (Å²) in [7, 11) is 0. The Morgan fingerprint density at radius 2 is 1.77 bits per heavy atom. The molecule has 0 bridgehead atoms. The van der Waals surface area contributed by atoms with Crippen LogP contribution in [0.25, 0.3) is 27.6 Å². The summed E-state index contributed by atoms with van der Waals surface area (Å²) >= 11 is 1.15. The summed E-state index contributed by atoms with van der Waals surface area (Å²) in [6, 6.07) is 17.6. The Labute approximate surface area is 199 Å². The van der Waals surface area contributed by atoms with Gasteiger partial charge in [0, 0.05) is 28.8 Å². The summed E-state index contributed by atoms with van der Waals surface area (Å²) in [6.07, 6.45) is -4.58. The molecular formula is C24H15F3N4O3S. The van der Waals surface area contributed by atoms with E-state index in [1.165, 1.54) is 24.3 Å². The number of non-ortho nitro benzene ring substituents is 1. The number of nitro groups is 1. The Hall–Kier alpha value is -4.12. The molecule has 0 fully saturated rings. The van der Waals surface area contributed by atoms with Gasteiger partial charge in [-0.3, -0.25) is 19.5 Å². The lowest BCUT2D eigenvalue weighted by atomic mass is 10.2. The number of hydrogen-bond acceptors (Lipinski definition) is 5. The van der Waals surface area contributed by atoms with Gasteiger partial charge in [0.05, 0.1) is 16.2 Å². The maximum atomic E-state index is 13.5. The minimum Gasteiger partial charge on any atom is -0.349 e. The van der Waals surface area contributed by atoms with Gasteiger partial charge in [0.25, 0.3) is 11.2 Å². The number of hydrogen-bond donors (Lipinski definition) is 1. The molecule has 5 rings (SSSR count). The smallest absolute Gasteiger partial charge is 0.349 e. The van der Waals surface area contributed by atoms with E-state index in [-0.39, 0.29) is 27.8 Å². The van der Waals surface area contributed by atoms with Crippen LogP contribution in [0.5, 0.6) is 0 Å². The number of fused-ring (bicyclic) bond motifs is 3. The van der Waals surface area contributed by atoms with Gasteiger partial charge in [-0.15, -0.1) is 0 Å². The van der Waals surface area contributed by atoms with Crippen molar-refractivity contribution in [1.29, 1.82) is 0 Å². The molecule has 0 unspecified atom stereocenters. The molecule has 7 nitrogen and oxygen atoms in total. The molecule has 2 heterocycles. The predicted octanol–water partition coefficient (Wildman–Crippen LogP) is 6.09.